The molecule has 2 amide bonds. The van der Waals surface area contributed by atoms with Gasteiger partial charge >= 0.3 is 0 Å². The Hall–Kier alpha value is -1.14. The molecule has 6 heteroatoms. The van der Waals surface area contributed by atoms with Crippen LogP contribution in [-0.2, 0) is 19.4 Å². The van der Waals surface area contributed by atoms with E-state index >= 15 is 0 Å². The number of nitrogens with zero attached hydrogens (tertiary/aromatic N) is 1. The maximum absolute atomic E-state index is 12.7. The second kappa shape index (κ2) is 12.3. The summed E-state index contributed by atoms with van der Waals surface area (Å²) in [5.41, 5.74) is 0. The summed E-state index contributed by atoms with van der Waals surface area (Å²) < 4.78 is 0. The zero-order chi connectivity index (χ0) is 18.6. The van der Waals surface area contributed by atoms with E-state index in [-0.39, 0.29) is 24.3 Å². The molecule has 2 aliphatic rings. The Morgan fingerprint density at radius 1 is 0.885 bits per heavy atom. The Balaban J connectivity index is 1.73. The molecule has 0 spiro atoms. The maximum atomic E-state index is 12.7. The van der Waals surface area contributed by atoms with Crippen LogP contribution in [0.3, 0.4) is 0 Å². The first kappa shape index (κ1) is 21.2. The van der Waals surface area contributed by atoms with Gasteiger partial charge in [-0.3, -0.25) is 9.59 Å². The first-order valence-corrected chi connectivity index (χ1v) is 10.4. The molecular weight excluding hydrogens is 332 g/mol. The molecule has 0 radical (unpaired) electrons. The minimum atomic E-state index is -0.0749. The molecule has 0 bridgehead atoms. The number of hydrogen-bond acceptors (Lipinski definition) is 4. The van der Waals surface area contributed by atoms with E-state index in [4.69, 9.17) is 4.89 Å². The highest BCUT2D eigenvalue weighted by Crippen LogP contribution is 2.20. The molecule has 0 aromatic carbocycles. The van der Waals surface area contributed by atoms with Crippen molar-refractivity contribution in [2.24, 2.45) is 5.92 Å². The van der Waals surface area contributed by atoms with Gasteiger partial charge in [0, 0.05) is 25.0 Å². The molecule has 0 atom stereocenters. The van der Waals surface area contributed by atoms with Crippen LogP contribution in [0.25, 0.3) is 0 Å². The van der Waals surface area contributed by atoms with E-state index in [9.17, 15) is 9.59 Å². The summed E-state index contributed by atoms with van der Waals surface area (Å²) in [4.78, 5) is 35.5. The molecule has 26 heavy (non-hydrogen) atoms. The summed E-state index contributed by atoms with van der Waals surface area (Å²) in [5, 5.41) is 3.32. The Labute approximate surface area is 157 Å². The Morgan fingerprint density at radius 2 is 1.42 bits per heavy atom. The molecule has 150 valence electrons. The lowest BCUT2D eigenvalue weighted by Gasteiger charge is -2.32. The Bertz CT molecular complexity index is 410. The van der Waals surface area contributed by atoms with E-state index in [2.05, 4.69) is 10.2 Å². The monoisotopic (exact) mass is 368 g/mol. The molecule has 2 fully saturated rings. The van der Waals surface area contributed by atoms with Crippen LogP contribution in [0.4, 0.5) is 0 Å². The van der Waals surface area contributed by atoms with E-state index in [1.165, 1.54) is 58.5 Å². The molecule has 0 aromatic rings. The molecule has 1 heterocycles. The van der Waals surface area contributed by atoms with Gasteiger partial charge in [-0.2, -0.15) is 0 Å². The first-order chi connectivity index (χ1) is 12.7. The fourth-order valence-corrected chi connectivity index (χ4v) is 4.04. The van der Waals surface area contributed by atoms with Crippen LogP contribution in [0.1, 0.15) is 77.0 Å². The predicted octanol–water partition coefficient (Wildman–Crippen LogP) is 3.20. The summed E-state index contributed by atoms with van der Waals surface area (Å²) in [5.74, 6) is 0.139. The molecular formula is C20H36N2O4. The number of amides is 2. The average Bonchev–Trinajstić information content (AvgIpc) is 2.72. The highest BCUT2D eigenvalue weighted by atomic mass is 17.2. The Morgan fingerprint density at radius 3 is 1.96 bits per heavy atom. The van der Waals surface area contributed by atoms with Crippen LogP contribution < -0.4 is 5.32 Å². The third kappa shape index (κ3) is 7.62. The summed E-state index contributed by atoms with van der Waals surface area (Å²) in [6.45, 7) is 1.18. The van der Waals surface area contributed by atoms with Crippen LogP contribution in [0, 0.1) is 5.92 Å². The average molecular weight is 369 g/mol. The molecule has 1 N–H and O–H groups in total. The van der Waals surface area contributed by atoms with Crippen molar-refractivity contribution in [2.75, 3.05) is 26.8 Å². The van der Waals surface area contributed by atoms with E-state index in [0.29, 0.717) is 19.1 Å². The standard InChI is InChI=1S/C20H36N2O4/c1-25-26-16-19(23)22-14-12-17(13-15-22)20(24)21-18-10-8-6-4-2-3-5-7-9-11-18/h17-18H,2-16H2,1H3,(H,21,24). The summed E-state index contributed by atoms with van der Waals surface area (Å²) in [6.07, 6.45) is 14.1. The number of rotatable bonds is 5. The van der Waals surface area contributed by atoms with Crippen LogP contribution in [0.15, 0.2) is 0 Å². The smallest absolute Gasteiger partial charge is 0.251 e. The van der Waals surface area contributed by atoms with E-state index < -0.39 is 0 Å². The van der Waals surface area contributed by atoms with Crippen LogP contribution >= 0.6 is 0 Å². The van der Waals surface area contributed by atoms with Crippen molar-refractivity contribution in [2.45, 2.75) is 83.1 Å². The molecule has 0 aromatic heterocycles. The number of carbonyl (C=O) groups excluding carboxylic acids is 2. The minimum Gasteiger partial charge on any atom is -0.353 e. The van der Waals surface area contributed by atoms with Gasteiger partial charge in [-0.25, -0.2) is 9.78 Å². The van der Waals surface area contributed by atoms with Crippen molar-refractivity contribution in [1.29, 1.82) is 0 Å². The molecule has 1 saturated carbocycles. The SMILES string of the molecule is COOCC(=O)N1CCC(C(=O)NC2CCCCCCCCCC2)CC1. The van der Waals surface area contributed by atoms with Crippen LogP contribution in [0.5, 0.6) is 0 Å². The molecule has 1 saturated heterocycles. The van der Waals surface area contributed by atoms with Gasteiger partial charge in [0.15, 0.2) is 6.61 Å². The lowest BCUT2D eigenvalue weighted by Crippen LogP contribution is -2.46. The number of nitrogens with one attached hydrogen (secondary N) is 1. The van der Waals surface area contributed by atoms with Crippen molar-refractivity contribution in [3.05, 3.63) is 0 Å². The fraction of sp³-hybridized carbons (Fsp3) is 0.900. The van der Waals surface area contributed by atoms with Gasteiger partial charge in [0.1, 0.15) is 0 Å². The molecule has 2 rings (SSSR count). The first-order valence-electron chi connectivity index (χ1n) is 10.4. The Kier molecular flexibility index (Phi) is 10.00. The van der Waals surface area contributed by atoms with Crippen molar-refractivity contribution >= 4 is 11.8 Å². The number of hydrogen-bond donors (Lipinski definition) is 1. The summed E-state index contributed by atoms with van der Waals surface area (Å²) in [7, 11) is 1.39. The van der Waals surface area contributed by atoms with Gasteiger partial charge in [-0.05, 0) is 25.7 Å². The third-order valence-electron chi connectivity index (χ3n) is 5.72. The van der Waals surface area contributed by atoms with Gasteiger partial charge < -0.3 is 10.2 Å². The normalized spacial score (nSPS) is 21.8. The van der Waals surface area contributed by atoms with Crippen molar-refractivity contribution in [3.8, 4) is 0 Å². The summed E-state index contributed by atoms with van der Waals surface area (Å²) in [6, 6.07) is 0.329. The second-order valence-corrected chi connectivity index (χ2v) is 7.70. The lowest BCUT2D eigenvalue weighted by atomic mass is 9.94. The second-order valence-electron chi connectivity index (χ2n) is 7.70. The molecule has 1 aliphatic carbocycles. The summed E-state index contributed by atoms with van der Waals surface area (Å²) >= 11 is 0. The largest absolute Gasteiger partial charge is 0.353 e. The van der Waals surface area contributed by atoms with Gasteiger partial charge in [-0.15, -0.1) is 0 Å². The van der Waals surface area contributed by atoms with E-state index in [0.717, 1.165) is 25.7 Å². The lowest BCUT2D eigenvalue weighted by molar-refractivity contribution is -0.269. The number of piperidine rings is 1. The number of carbonyl (C=O) groups is 2. The molecule has 0 unspecified atom stereocenters. The quantitative estimate of drug-likeness (QED) is 0.598. The zero-order valence-electron chi connectivity index (χ0n) is 16.3. The van der Waals surface area contributed by atoms with Gasteiger partial charge in [0.2, 0.25) is 5.91 Å². The van der Waals surface area contributed by atoms with Crippen LogP contribution in [0.2, 0.25) is 0 Å². The van der Waals surface area contributed by atoms with Crippen molar-refractivity contribution in [1.82, 2.24) is 10.2 Å². The third-order valence-corrected chi connectivity index (χ3v) is 5.72. The highest BCUT2D eigenvalue weighted by Gasteiger charge is 2.28. The van der Waals surface area contributed by atoms with Crippen molar-refractivity contribution < 1.29 is 19.4 Å². The van der Waals surface area contributed by atoms with Gasteiger partial charge in [-0.1, -0.05) is 51.4 Å². The van der Waals surface area contributed by atoms with Crippen molar-refractivity contribution in [3.63, 3.8) is 0 Å². The van der Waals surface area contributed by atoms with E-state index in [1.807, 2.05) is 0 Å². The fourth-order valence-electron chi connectivity index (χ4n) is 4.04. The van der Waals surface area contributed by atoms with Gasteiger partial charge in [0.05, 0.1) is 7.11 Å². The maximum Gasteiger partial charge on any atom is 0.251 e. The van der Waals surface area contributed by atoms with E-state index in [1.54, 1.807) is 4.90 Å². The molecule has 6 nitrogen and oxygen atoms in total. The topological polar surface area (TPSA) is 67.9 Å². The molecule has 1 aliphatic heterocycles. The minimum absolute atomic E-state index is 0.0283. The zero-order valence-corrected chi connectivity index (χ0v) is 16.3. The predicted molar refractivity (Wildman–Crippen MR) is 100 cm³/mol. The number of likely N-dealkylation sites (tertiary alicyclic amines) is 1. The van der Waals surface area contributed by atoms with Gasteiger partial charge in [0.25, 0.3) is 5.91 Å². The van der Waals surface area contributed by atoms with Crippen LogP contribution in [-0.4, -0.2) is 49.6 Å². The highest BCUT2D eigenvalue weighted by molar-refractivity contribution is 5.80.